The molecule has 0 aliphatic heterocycles. The van der Waals surface area contributed by atoms with Gasteiger partial charge in [0.2, 0.25) is 0 Å². The summed E-state index contributed by atoms with van der Waals surface area (Å²) in [7, 11) is 0. The van der Waals surface area contributed by atoms with E-state index in [1.54, 1.807) is 0 Å². The van der Waals surface area contributed by atoms with Crippen LogP contribution in [0.15, 0.2) is 89.4 Å². The molecule has 0 spiro atoms. The topological polar surface area (TPSA) is 51.8 Å². The highest BCUT2D eigenvalue weighted by Gasteiger charge is 2.18. The van der Waals surface area contributed by atoms with Crippen LogP contribution in [0.4, 0.5) is 0 Å². The number of allylic oxidation sites excluding steroid dienone is 4. The van der Waals surface area contributed by atoms with Gasteiger partial charge in [-0.1, -0.05) is 72.3 Å². The van der Waals surface area contributed by atoms with Crippen molar-refractivity contribution in [2.75, 3.05) is 0 Å². The van der Waals surface area contributed by atoms with Crippen molar-refractivity contribution in [3.05, 3.63) is 95.8 Å². The number of benzene rings is 3. The summed E-state index contributed by atoms with van der Waals surface area (Å²) in [5.41, 5.74) is 4.42. The van der Waals surface area contributed by atoms with Crippen molar-refractivity contribution in [1.29, 1.82) is 0 Å². The Labute approximate surface area is 189 Å². The maximum atomic E-state index is 6.31. The quantitative estimate of drug-likeness (QED) is 0.294. The van der Waals surface area contributed by atoms with E-state index in [2.05, 4.69) is 18.2 Å². The SMILES string of the molecule is Clc1ccc2oc3cccc(-c4nc(C5=CCCC=C5)nc(-c5ccccc5)n4)c3c2c1. The lowest BCUT2D eigenvalue weighted by atomic mass is 10.0. The number of furan rings is 1. The van der Waals surface area contributed by atoms with Crippen molar-refractivity contribution < 1.29 is 4.42 Å². The second-order valence-corrected chi connectivity index (χ2v) is 8.17. The number of nitrogens with zero attached hydrogens (tertiary/aromatic N) is 3. The molecule has 0 N–H and O–H groups in total. The summed E-state index contributed by atoms with van der Waals surface area (Å²) in [6.07, 6.45) is 8.45. The zero-order chi connectivity index (χ0) is 21.5. The molecule has 1 aliphatic carbocycles. The third kappa shape index (κ3) is 3.29. The Bertz CT molecular complexity index is 1530. The first-order valence-electron chi connectivity index (χ1n) is 10.6. The largest absolute Gasteiger partial charge is 0.456 e. The van der Waals surface area contributed by atoms with E-state index < -0.39 is 0 Å². The number of rotatable bonds is 3. The van der Waals surface area contributed by atoms with Crippen molar-refractivity contribution in [2.24, 2.45) is 0 Å². The minimum absolute atomic E-state index is 0.613. The van der Waals surface area contributed by atoms with Gasteiger partial charge in [0.05, 0.1) is 0 Å². The molecule has 32 heavy (non-hydrogen) atoms. The van der Waals surface area contributed by atoms with Crippen molar-refractivity contribution >= 4 is 39.1 Å². The highest BCUT2D eigenvalue weighted by Crippen LogP contribution is 2.37. The molecule has 0 saturated heterocycles. The van der Waals surface area contributed by atoms with Gasteiger partial charge in [0, 0.05) is 32.5 Å². The molecule has 5 aromatic rings. The summed E-state index contributed by atoms with van der Waals surface area (Å²) in [5.74, 6) is 1.93. The maximum Gasteiger partial charge on any atom is 0.164 e. The van der Waals surface area contributed by atoms with Crippen molar-refractivity contribution in [3.8, 4) is 22.8 Å². The monoisotopic (exact) mass is 435 g/mol. The average Bonchev–Trinajstić information content (AvgIpc) is 3.23. The molecule has 0 atom stereocenters. The first kappa shape index (κ1) is 19.0. The summed E-state index contributed by atoms with van der Waals surface area (Å²) < 4.78 is 6.08. The van der Waals surface area contributed by atoms with Crippen LogP contribution >= 0.6 is 11.6 Å². The first-order chi connectivity index (χ1) is 15.8. The van der Waals surface area contributed by atoms with Crippen molar-refractivity contribution in [3.63, 3.8) is 0 Å². The second kappa shape index (κ2) is 7.74. The van der Waals surface area contributed by atoms with Crippen LogP contribution in [-0.4, -0.2) is 15.0 Å². The van der Waals surface area contributed by atoms with Gasteiger partial charge in [-0.15, -0.1) is 0 Å². The van der Waals surface area contributed by atoms with Crippen LogP contribution in [-0.2, 0) is 0 Å². The Morgan fingerprint density at radius 3 is 2.44 bits per heavy atom. The molecule has 0 unspecified atom stereocenters. The zero-order valence-electron chi connectivity index (χ0n) is 17.1. The third-order valence-corrected chi connectivity index (χ3v) is 5.85. The van der Waals surface area contributed by atoms with Crippen molar-refractivity contribution in [1.82, 2.24) is 15.0 Å². The van der Waals surface area contributed by atoms with Crippen LogP contribution in [0.25, 0.3) is 50.3 Å². The summed E-state index contributed by atoms with van der Waals surface area (Å²) in [6.45, 7) is 0. The fraction of sp³-hybridized carbons (Fsp3) is 0.0741. The van der Waals surface area contributed by atoms with Crippen LogP contribution in [0.5, 0.6) is 0 Å². The molecule has 5 heteroatoms. The molecule has 0 fully saturated rings. The molecule has 3 aromatic carbocycles. The summed E-state index contributed by atoms with van der Waals surface area (Å²) >= 11 is 6.31. The van der Waals surface area contributed by atoms with Crippen LogP contribution in [0.1, 0.15) is 18.7 Å². The smallest absolute Gasteiger partial charge is 0.164 e. The fourth-order valence-electron chi connectivity index (χ4n) is 4.11. The molecular formula is C27H18ClN3O. The molecule has 2 heterocycles. The van der Waals surface area contributed by atoms with E-state index >= 15 is 0 Å². The van der Waals surface area contributed by atoms with Crippen molar-refractivity contribution in [2.45, 2.75) is 12.8 Å². The van der Waals surface area contributed by atoms with E-state index in [1.165, 1.54) is 0 Å². The Hall–Kier alpha value is -3.76. The van der Waals surface area contributed by atoms with Gasteiger partial charge in [-0.05, 0) is 37.1 Å². The minimum atomic E-state index is 0.613. The van der Waals surface area contributed by atoms with Gasteiger partial charge in [-0.25, -0.2) is 15.0 Å². The number of hydrogen-bond acceptors (Lipinski definition) is 4. The molecule has 154 valence electrons. The Morgan fingerprint density at radius 2 is 1.59 bits per heavy atom. The predicted octanol–water partition coefficient (Wildman–Crippen LogP) is 7.49. The Morgan fingerprint density at radius 1 is 0.750 bits per heavy atom. The van der Waals surface area contributed by atoms with Crippen LogP contribution in [0.2, 0.25) is 5.02 Å². The normalized spacial score (nSPS) is 13.6. The second-order valence-electron chi connectivity index (χ2n) is 7.73. The van der Waals surface area contributed by atoms with Gasteiger partial charge < -0.3 is 4.42 Å². The lowest BCUT2D eigenvalue weighted by Gasteiger charge is -2.11. The van der Waals surface area contributed by atoms with Crippen LogP contribution in [0, 0.1) is 0 Å². The average molecular weight is 436 g/mol. The number of aromatic nitrogens is 3. The van der Waals surface area contributed by atoms with E-state index in [1.807, 2.05) is 66.7 Å². The number of hydrogen-bond donors (Lipinski definition) is 0. The minimum Gasteiger partial charge on any atom is -0.456 e. The van der Waals surface area contributed by atoms with E-state index in [-0.39, 0.29) is 0 Å². The van der Waals surface area contributed by atoms with Gasteiger partial charge in [-0.3, -0.25) is 0 Å². The summed E-state index contributed by atoms with van der Waals surface area (Å²) in [6, 6.07) is 21.6. The molecular weight excluding hydrogens is 418 g/mol. The highest BCUT2D eigenvalue weighted by molar-refractivity contribution is 6.32. The molecule has 0 radical (unpaired) electrons. The van der Waals surface area contributed by atoms with Gasteiger partial charge in [0.1, 0.15) is 11.2 Å². The zero-order valence-corrected chi connectivity index (χ0v) is 17.9. The molecule has 2 aromatic heterocycles. The summed E-state index contributed by atoms with van der Waals surface area (Å²) in [5, 5.41) is 2.56. The number of halogens is 1. The molecule has 0 bridgehead atoms. The predicted molar refractivity (Wildman–Crippen MR) is 129 cm³/mol. The fourth-order valence-corrected chi connectivity index (χ4v) is 4.28. The Balaban J connectivity index is 1.64. The maximum absolute atomic E-state index is 6.31. The van der Waals surface area contributed by atoms with E-state index in [0.717, 1.165) is 51.5 Å². The molecule has 0 saturated carbocycles. The van der Waals surface area contributed by atoms with Gasteiger partial charge in [-0.2, -0.15) is 0 Å². The van der Waals surface area contributed by atoms with E-state index in [0.29, 0.717) is 22.5 Å². The van der Waals surface area contributed by atoms with Gasteiger partial charge >= 0.3 is 0 Å². The number of fused-ring (bicyclic) bond motifs is 3. The van der Waals surface area contributed by atoms with Crippen LogP contribution in [0.3, 0.4) is 0 Å². The van der Waals surface area contributed by atoms with E-state index in [9.17, 15) is 0 Å². The van der Waals surface area contributed by atoms with Crippen LogP contribution < -0.4 is 0 Å². The lowest BCUT2D eigenvalue weighted by Crippen LogP contribution is -2.03. The molecule has 6 rings (SSSR count). The lowest BCUT2D eigenvalue weighted by molar-refractivity contribution is 0.669. The summed E-state index contributed by atoms with van der Waals surface area (Å²) in [4.78, 5) is 14.6. The van der Waals surface area contributed by atoms with E-state index in [4.69, 9.17) is 31.0 Å². The standard InChI is InChI=1S/C27H18ClN3O/c28-19-14-15-22-21(16-19)24-20(12-7-13-23(24)32-22)27-30-25(17-8-3-1-4-9-17)29-26(31-27)18-10-5-2-6-11-18/h1,3-5,7-16H,2,6H2. The third-order valence-electron chi connectivity index (χ3n) is 5.62. The van der Waals surface area contributed by atoms with Gasteiger partial charge in [0.15, 0.2) is 17.5 Å². The Kier molecular flexibility index (Phi) is 4.58. The molecule has 4 nitrogen and oxygen atoms in total. The molecule has 1 aliphatic rings. The van der Waals surface area contributed by atoms with Gasteiger partial charge in [0.25, 0.3) is 0 Å². The highest BCUT2D eigenvalue weighted by atomic mass is 35.5. The molecule has 0 amide bonds. The first-order valence-corrected chi connectivity index (χ1v) is 10.9.